The zero-order chi connectivity index (χ0) is 47.0. The Morgan fingerprint density at radius 2 is 1.40 bits per heavy atom. The van der Waals surface area contributed by atoms with Crippen LogP contribution in [0.1, 0.15) is 101 Å². The standard InChI is InChI=1S/C55H61ClN8O4/c1-67-53(65)45-17-15-42(16-18-45)37-64(54(66)55(23-5-2-6-24-55)46-19-21-47(56)22-20-46)30-9-10-31-68-51-33-43(35-62(39-50-14-11-27-59-50)38-48-12-3-7-25-57-48)32-44(34-51)36-63(41-52-60-28-29-61-52)40-49-13-4-8-26-58-49/h3-4,7-8,11-13,15-22,25-29,32-34H,2,5-6,9-10,14,23-24,30-31,35-41H2,1H3,(H,60,61). The van der Waals surface area contributed by atoms with Crippen molar-refractivity contribution in [1.29, 1.82) is 0 Å². The van der Waals surface area contributed by atoms with E-state index in [0.29, 0.717) is 63.0 Å². The summed E-state index contributed by atoms with van der Waals surface area (Å²) in [5.74, 6) is 1.43. The number of nitrogens with one attached hydrogen (secondary N) is 1. The van der Waals surface area contributed by atoms with Crippen molar-refractivity contribution in [3.8, 4) is 5.75 Å². The van der Waals surface area contributed by atoms with Crippen molar-refractivity contribution in [3.63, 3.8) is 0 Å². The number of allylic oxidation sites excluding steroid dienone is 1. The van der Waals surface area contributed by atoms with Gasteiger partial charge in [-0.3, -0.25) is 29.6 Å². The van der Waals surface area contributed by atoms with Crippen LogP contribution in [0.15, 0.2) is 145 Å². The van der Waals surface area contributed by atoms with Gasteiger partial charge in [-0.1, -0.05) is 79.4 Å². The van der Waals surface area contributed by atoms with E-state index < -0.39 is 5.41 Å². The first-order valence-corrected chi connectivity index (χ1v) is 24.1. The molecule has 1 N–H and O–H groups in total. The van der Waals surface area contributed by atoms with E-state index in [2.05, 4.69) is 71.1 Å². The Labute approximate surface area is 405 Å². The molecular weight excluding hydrogens is 872 g/mol. The number of ether oxygens (including phenoxy) is 2. The summed E-state index contributed by atoms with van der Waals surface area (Å²) < 4.78 is 11.6. The van der Waals surface area contributed by atoms with Crippen molar-refractivity contribution in [2.75, 3.05) is 26.8 Å². The summed E-state index contributed by atoms with van der Waals surface area (Å²) in [5, 5.41) is 0.654. The summed E-state index contributed by atoms with van der Waals surface area (Å²) in [6, 6.07) is 33.8. The number of carbonyl (C=O) groups is 2. The van der Waals surface area contributed by atoms with Gasteiger partial charge in [0.05, 0.1) is 42.6 Å². The highest BCUT2D eigenvalue weighted by molar-refractivity contribution is 6.30. The molecule has 1 aliphatic carbocycles. The minimum absolute atomic E-state index is 0.134. The monoisotopic (exact) mass is 932 g/mol. The molecule has 1 aliphatic heterocycles. The first-order valence-electron chi connectivity index (χ1n) is 23.7. The Hall–Kier alpha value is -6.47. The maximum atomic E-state index is 15.1. The highest BCUT2D eigenvalue weighted by Crippen LogP contribution is 2.42. The Bertz CT molecular complexity index is 2580. The molecule has 352 valence electrons. The molecule has 8 rings (SSSR count). The molecular formula is C55H61ClN8O4. The molecule has 68 heavy (non-hydrogen) atoms. The van der Waals surface area contributed by atoms with Crippen molar-refractivity contribution in [1.82, 2.24) is 34.6 Å². The quantitative estimate of drug-likeness (QED) is 0.0493. The fraction of sp³-hybridized carbons (Fsp3) is 0.345. The number of hydrogen-bond donors (Lipinski definition) is 1. The second-order valence-electron chi connectivity index (χ2n) is 17.9. The van der Waals surface area contributed by atoms with E-state index in [1.54, 1.807) is 18.3 Å². The van der Waals surface area contributed by atoms with Crippen LogP contribution in [0.4, 0.5) is 0 Å². The Morgan fingerprint density at radius 1 is 0.706 bits per heavy atom. The van der Waals surface area contributed by atoms with Gasteiger partial charge in [-0.05, 0) is 109 Å². The second kappa shape index (κ2) is 24.0. The maximum absolute atomic E-state index is 15.1. The number of imidazole rings is 1. The molecule has 3 aromatic heterocycles. The van der Waals surface area contributed by atoms with Crippen LogP contribution in [0.5, 0.6) is 5.75 Å². The smallest absolute Gasteiger partial charge is 0.337 e. The Kier molecular flexibility index (Phi) is 16.9. The van der Waals surface area contributed by atoms with Crippen molar-refractivity contribution in [2.24, 2.45) is 4.99 Å². The predicted octanol–water partition coefficient (Wildman–Crippen LogP) is 10.3. The van der Waals surface area contributed by atoms with Gasteiger partial charge in [0.2, 0.25) is 5.91 Å². The second-order valence-corrected chi connectivity index (χ2v) is 18.3. The number of hydrogen-bond acceptors (Lipinski definition) is 10. The van der Waals surface area contributed by atoms with E-state index in [-0.39, 0.29) is 11.9 Å². The lowest BCUT2D eigenvalue weighted by Crippen LogP contribution is -2.48. The molecule has 0 spiro atoms. The normalized spacial score (nSPS) is 14.3. The number of amides is 1. The molecule has 0 unspecified atom stereocenters. The summed E-state index contributed by atoms with van der Waals surface area (Å²) in [4.78, 5) is 55.9. The van der Waals surface area contributed by atoms with Crippen molar-refractivity contribution in [2.45, 2.75) is 96.1 Å². The number of nitrogens with zero attached hydrogens (tertiary/aromatic N) is 7. The van der Waals surface area contributed by atoms with Gasteiger partial charge in [0.25, 0.3) is 0 Å². The van der Waals surface area contributed by atoms with E-state index in [1.807, 2.05) is 90.4 Å². The summed E-state index contributed by atoms with van der Waals surface area (Å²) in [6.07, 6.45) is 18.3. The van der Waals surface area contributed by atoms with Gasteiger partial charge in [-0.15, -0.1) is 0 Å². The molecule has 0 saturated heterocycles. The van der Waals surface area contributed by atoms with Gasteiger partial charge >= 0.3 is 5.97 Å². The first kappa shape index (κ1) is 48.0. The van der Waals surface area contributed by atoms with Crippen LogP contribution < -0.4 is 4.74 Å². The molecule has 13 heteroatoms. The summed E-state index contributed by atoms with van der Waals surface area (Å²) in [5.41, 5.74) is 7.17. The summed E-state index contributed by atoms with van der Waals surface area (Å²) >= 11 is 6.35. The molecule has 6 aromatic rings. The average molecular weight is 934 g/mol. The number of H-pyrrole nitrogens is 1. The number of pyridine rings is 2. The number of methoxy groups -OCH3 is 1. The third-order valence-electron chi connectivity index (χ3n) is 12.8. The Morgan fingerprint density at radius 3 is 2.00 bits per heavy atom. The molecule has 0 bridgehead atoms. The zero-order valence-electron chi connectivity index (χ0n) is 38.9. The average Bonchev–Trinajstić information content (AvgIpc) is 4.09. The van der Waals surface area contributed by atoms with Crippen molar-refractivity contribution < 1.29 is 19.1 Å². The van der Waals surface area contributed by atoms with Crippen LogP contribution in [0, 0.1) is 0 Å². The predicted molar refractivity (Wildman–Crippen MR) is 266 cm³/mol. The van der Waals surface area contributed by atoms with Crippen LogP contribution >= 0.6 is 11.6 Å². The fourth-order valence-corrected chi connectivity index (χ4v) is 9.56. The molecule has 3 aromatic carbocycles. The SMILES string of the molecule is COC(=O)c1ccc(CN(CCCCOc2cc(CN(CC3=NC=CC3)Cc3ccccn3)cc(CN(Cc3ccccn3)Cc3ncc[nH]3)c2)C(=O)C2(c3ccc(Cl)cc3)CCCCC2)cc1. The number of aliphatic imine (C=N–C) groups is 1. The number of halogens is 1. The van der Waals surface area contributed by atoms with Gasteiger partial charge in [-0.2, -0.15) is 0 Å². The van der Waals surface area contributed by atoms with Crippen LogP contribution in [0.25, 0.3) is 0 Å². The topological polar surface area (TPSA) is 129 Å². The first-order chi connectivity index (χ1) is 33.3. The third-order valence-corrected chi connectivity index (χ3v) is 13.0. The minimum Gasteiger partial charge on any atom is -0.494 e. The fourth-order valence-electron chi connectivity index (χ4n) is 9.43. The van der Waals surface area contributed by atoms with Gasteiger partial charge in [0.1, 0.15) is 11.6 Å². The third kappa shape index (κ3) is 13.4. The molecule has 0 radical (unpaired) electrons. The van der Waals surface area contributed by atoms with Gasteiger partial charge in [-0.25, -0.2) is 9.78 Å². The number of unbranched alkanes of at least 4 members (excludes halogenated alkanes) is 1. The van der Waals surface area contributed by atoms with Gasteiger partial charge < -0.3 is 19.4 Å². The van der Waals surface area contributed by atoms with Gasteiger partial charge in [0.15, 0.2) is 0 Å². The molecule has 1 fully saturated rings. The van der Waals surface area contributed by atoms with Crippen molar-refractivity contribution >= 4 is 29.2 Å². The molecule has 1 saturated carbocycles. The van der Waals surface area contributed by atoms with Crippen LogP contribution in [-0.4, -0.2) is 79.0 Å². The zero-order valence-corrected chi connectivity index (χ0v) is 39.7. The molecule has 4 heterocycles. The lowest BCUT2D eigenvalue weighted by molar-refractivity contribution is -0.139. The number of aromatic nitrogens is 4. The molecule has 12 nitrogen and oxygen atoms in total. The van der Waals surface area contributed by atoms with E-state index in [9.17, 15) is 4.79 Å². The minimum atomic E-state index is -0.630. The van der Waals surface area contributed by atoms with Crippen molar-refractivity contribution in [3.05, 3.63) is 190 Å². The van der Waals surface area contributed by atoms with E-state index in [4.69, 9.17) is 21.1 Å². The van der Waals surface area contributed by atoms with Crippen LogP contribution in [-0.2, 0) is 54.2 Å². The largest absolute Gasteiger partial charge is 0.494 e. The highest BCUT2D eigenvalue weighted by Gasteiger charge is 2.43. The lowest BCUT2D eigenvalue weighted by atomic mass is 9.68. The number of benzene rings is 3. The lowest BCUT2D eigenvalue weighted by Gasteiger charge is -2.40. The highest BCUT2D eigenvalue weighted by atomic mass is 35.5. The molecule has 0 atom stereocenters. The van der Waals surface area contributed by atoms with Gasteiger partial charge in [0, 0.05) is 94.0 Å². The maximum Gasteiger partial charge on any atom is 0.337 e. The van der Waals surface area contributed by atoms with Crippen LogP contribution in [0.3, 0.4) is 0 Å². The molecule has 2 aliphatic rings. The summed E-state index contributed by atoms with van der Waals surface area (Å²) in [7, 11) is 1.38. The Balaban J connectivity index is 1.01. The number of rotatable bonds is 23. The van der Waals surface area contributed by atoms with E-state index in [0.717, 1.165) is 109 Å². The number of esters is 1. The summed E-state index contributed by atoms with van der Waals surface area (Å²) in [6.45, 7) is 5.43. The number of aromatic amines is 1. The molecule has 1 amide bonds. The van der Waals surface area contributed by atoms with E-state index in [1.165, 1.54) is 7.11 Å². The number of carbonyl (C=O) groups excluding carboxylic acids is 2. The van der Waals surface area contributed by atoms with E-state index >= 15 is 4.79 Å². The van der Waals surface area contributed by atoms with Crippen LogP contribution in [0.2, 0.25) is 5.02 Å².